The highest BCUT2D eigenvalue weighted by molar-refractivity contribution is 7.11. The van der Waals surface area contributed by atoms with E-state index in [2.05, 4.69) is 10.3 Å². The summed E-state index contributed by atoms with van der Waals surface area (Å²) in [6.07, 6.45) is 0. The second kappa shape index (κ2) is 7.32. The molecule has 0 fully saturated rings. The van der Waals surface area contributed by atoms with E-state index in [4.69, 9.17) is 14.2 Å². The summed E-state index contributed by atoms with van der Waals surface area (Å²) in [6, 6.07) is 3.25. The Morgan fingerprint density at radius 3 is 2.17 bits per heavy atom. The van der Waals surface area contributed by atoms with Crippen LogP contribution in [0.3, 0.4) is 0 Å². The molecular weight excluding hydrogens is 316 g/mol. The molecule has 0 radical (unpaired) electrons. The molecule has 1 amide bonds. The molecule has 0 saturated heterocycles. The highest BCUT2D eigenvalue weighted by Gasteiger charge is 2.17. The van der Waals surface area contributed by atoms with Gasteiger partial charge >= 0.3 is 0 Å². The Kier molecular flexibility index (Phi) is 5.44. The molecule has 7 heteroatoms. The highest BCUT2D eigenvalue weighted by atomic mass is 32.1. The number of thiazole rings is 1. The zero-order valence-electron chi connectivity index (χ0n) is 13.9. The quantitative estimate of drug-likeness (QED) is 0.878. The molecule has 6 nitrogen and oxygen atoms in total. The maximum absolute atomic E-state index is 12.4. The molecule has 0 aliphatic heterocycles. The molecule has 0 saturated carbocycles. The lowest BCUT2D eigenvalue weighted by molar-refractivity contribution is 0.0950. The van der Waals surface area contributed by atoms with E-state index in [1.54, 1.807) is 23.5 Å². The van der Waals surface area contributed by atoms with Gasteiger partial charge in [0.15, 0.2) is 11.5 Å². The van der Waals surface area contributed by atoms with Crippen molar-refractivity contribution in [2.75, 3.05) is 21.3 Å². The number of hydrogen-bond donors (Lipinski definition) is 1. The number of hydrogen-bond acceptors (Lipinski definition) is 6. The van der Waals surface area contributed by atoms with Crippen LogP contribution in [0.2, 0.25) is 0 Å². The molecule has 0 unspecified atom stereocenters. The Hall–Kier alpha value is -2.28. The van der Waals surface area contributed by atoms with Gasteiger partial charge in [0.25, 0.3) is 5.91 Å². The Labute approximate surface area is 139 Å². The standard InChI is InChI=1S/C16H20N2O4S/c1-9-14(23-10(2)18-9)8-17-16(19)11-6-12(20-3)15(22-5)13(7-11)21-4/h6-7H,8H2,1-5H3,(H,17,19). The van der Waals surface area contributed by atoms with Crippen LogP contribution in [0, 0.1) is 13.8 Å². The number of benzene rings is 1. The second-order valence-electron chi connectivity index (χ2n) is 4.84. The number of nitrogens with one attached hydrogen (secondary N) is 1. The SMILES string of the molecule is COc1cc(C(=O)NCc2sc(C)nc2C)cc(OC)c1OC. The number of aromatic nitrogens is 1. The zero-order valence-corrected chi connectivity index (χ0v) is 14.7. The summed E-state index contributed by atoms with van der Waals surface area (Å²) in [5.41, 5.74) is 1.39. The second-order valence-corrected chi connectivity index (χ2v) is 6.13. The van der Waals surface area contributed by atoms with Crippen LogP contribution in [0.4, 0.5) is 0 Å². The van der Waals surface area contributed by atoms with E-state index in [-0.39, 0.29) is 5.91 Å². The fourth-order valence-electron chi connectivity index (χ4n) is 2.21. The van der Waals surface area contributed by atoms with Crippen molar-refractivity contribution >= 4 is 17.2 Å². The van der Waals surface area contributed by atoms with Crippen LogP contribution >= 0.6 is 11.3 Å². The first kappa shape index (κ1) is 17.1. The van der Waals surface area contributed by atoms with Crippen LogP contribution in [0.15, 0.2) is 12.1 Å². The summed E-state index contributed by atoms with van der Waals surface area (Å²) in [5, 5.41) is 3.87. The number of amides is 1. The summed E-state index contributed by atoms with van der Waals surface area (Å²) < 4.78 is 15.8. The van der Waals surface area contributed by atoms with Gasteiger partial charge in [-0.1, -0.05) is 0 Å². The average Bonchev–Trinajstić information content (AvgIpc) is 2.88. The molecule has 0 aliphatic rings. The predicted octanol–water partition coefficient (Wildman–Crippen LogP) is 2.72. The van der Waals surface area contributed by atoms with Crippen LogP contribution in [0.5, 0.6) is 17.2 Å². The van der Waals surface area contributed by atoms with Crippen LogP contribution in [-0.2, 0) is 6.54 Å². The molecule has 1 heterocycles. The molecule has 23 heavy (non-hydrogen) atoms. The van der Waals surface area contributed by atoms with Crippen molar-refractivity contribution in [3.63, 3.8) is 0 Å². The van der Waals surface area contributed by atoms with Crippen molar-refractivity contribution in [3.05, 3.63) is 33.3 Å². The van der Waals surface area contributed by atoms with Gasteiger partial charge in [0.05, 0.1) is 38.6 Å². The third kappa shape index (κ3) is 3.73. The maximum Gasteiger partial charge on any atom is 0.251 e. The molecule has 1 N–H and O–H groups in total. The maximum atomic E-state index is 12.4. The number of carbonyl (C=O) groups is 1. The van der Waals surface area contributed by atoms with Crippen LogP contribution < -0.4 is 19.5 Å². The Morgan fingerprint density at radius 2 is 1.74 bits per heavy atom. The summed E-state index contributed by atoms with van der Waals surface area (Å²) >= 11 is 1.58. The molecule has 0 aliphatic carbocycles. The molecule has 0 spiro atoms. The molecule has 0 bridgehead atoms. The highest BCUT2D eigenvalue weighted by Crippen LogP contribution is 2.38. The molecule has 2 rings (SSSR count). The van der Waals surface area contributed by atoms with Gasteiger partial charge in [-0.25, -0.2) is 4.98 Å². The van der Waals surface area contributed by atoms with Crippen molar-refractivity contribution in [1.29, 1.82) is 0 Å². The first-order valence-electron chi connectivity index (χ1n) is 7.01. The van der Waals surface area contributed by atoms with Gasteiger partial charge in [-0.05, 0) is 26.0 Å². The van der Waals surface area contributed by atoms with Crippen molar-refractivity contribution < 1.29 is 19.0 Å². The lowest BCUT2D eigenvalue weighted by Crippen LogP contribution is -2.22. The minimum absolute atomic E-state index is 0.213. The Morgan fingerprint density at radius 1 is 1.13 bits per heavy atom. The van der Waals surface area contributed by atoms with E-state index < -0.39 is 0 Å². The van der Waals surface area contributed by atoms with E-state index >= 15 is 0 Å². The summed E-state index contributed by atoms with van der Waals surface area (Å²) in [5.74, 6) is 1.14. The van der Waals surface area contributed by atoms with Gasteiger partial charge in [0.2, 0.25) is 5.75 Å². The van der Waals surface area contributed by atoms with Crippen LogP contribution in [-0.4, -0.2) is 32.2 Å². The topological polar surface area (TPSA) is 69.7 Å². The van der Waals surface area contributed by atoms with Gasteiger partial charge in [0.1, 0.15) is 0 Å². The molecule has 1 aromatic heterocycles. The van der Waals surface area contributed by atoms with E-state index in [9.17, 15) is 4.79 Å². The minimum atomic E-state index is -0.213. The van der Waals surface area contributed by atoms with Crippen LogP contribution in [0.25, 0.3) is 0 Å². The number of rotatable bonds is 6. The normalized spacial score (nSPS) is 10.3. The molecule has 1 aromatic carbocycles. The smallest absolute Gasteiger partial charge is 0.251 e. The number of aryl methyl sites for hydroxylation is 2. The lowest BCUT2D eigenvalue weighted by Gasteiger charge is -2.14. The van der Waals surface area contributed by atoms with Gasteiger partial charge in [-0.2, -0.15) is 0 Å². The Balaban J connectivity index is 2.20. The third-order valence-electron chi connectivity index (χ3n) is 3.34. The van der Waals surface area contributed by atoms with Crippen molar-refractivity contribution in [1.82, 2.24) is 10.3 Å². The van der Waals surface area contributed by atoms with Gasteiger partial charge in [-0.3, -0.25) is 4.79 Å². The monoisotopic (exact) mass is 336 g/mol. The van der Waals surface area contributed by atoms with Crippen molar-refractivity contribution in [2.24, 2.45) is 0 Å². The minimum Gasteiger partial charge on any atom is -0.493 e. The molecule has 2 aromatic rings. The fourth-order valence-corrected chi connectivity index (χ4v) is 3.09. The molecular formula is C16H20N2O4S. The van der Waals surface area contributed by atoms with Gasteiger partial charge < -0.3 is 19.5 Å². The molecule has 0 atom stereocenters. The van der Waals surface area contributed by atoms with E-state index in [0.717, 1.165) is 15.6 Å². The van der Waals surface area contributed by atoms with Gasteiger partial charge in [-0.15, -0.1) is 11.3 Å². The lowest BCUT2D eigenvalue weighted by atomic mass is 10.1. The van der Waals surface area contributed by atoms with Crippen molar-refractivity contribution in [2.45, 2.75) is 20.4 Å². The zero-order chi connectivity index (χ0) is 17.0. The first-order chi connectivity index (χ1) is 11.0. The summed E-state index contributed by atoms with van der Waals surface area (Å²) in [4.78, 5) is 17.8. The number of methoxy groups -OCH3 is 3. The van der Waals surface area contributed by atoms with Crippen LogP contribution in [0.1, 0.15) is 25.9 Å². The largest absolute Gasteiger partial charge is 0.493 e. The average molecular weight is 336 g/mol. The summed E-state index contributed by atoms with van der Waals surface area (Å²) in [6.45, 7) is 4.32. The predicted molar refractivity (Wildman–Crippen MR) is 88.9 cm³/mol. The van der Waals surface area contributed by atoms with E-state index in [1.807, 2.05) is 13.8 Å². The third-order valence-corrected chi connectivity index (χ3v) is 4.41. The molecule has 124 valence electrons. The summed E-state index contributed by atoms with van der Waals surface area (Å²) in [7, 11) is 4.56. The fraction of sp³-hybridized carbons (Fsp3) is 0.375. The van der Waals surface area contributed by atoms with E-state index in [1.165, 1.54) is 21.3 Å². The van der Waals surface area contributed by atoms with E-state index in [0.29, 0.717) is 29.4 Å². The Bertz CT molecular complexity index is 687. The van der Waals surface area contributed by atoms with Crippen molar-refractivity contribution in [3.8, 4) is 17.2 Å². The number of ether oxygens (including phenoxy) is 3. The number of carbonyl (C=O) groups excluding carboxylic acids is 1. The first-order valence-corrected chi connectivity index (χ1v) is 7.83. The number of nitrogens with zero attached hydrogens (tertiary/aromatic N) is 1. The van der Waals surface area contributed by atoms with Gasteiger partial charge in [0, 0.05) is 10.4 Å².